The first kappa shape index (κ1) is 16.4. The second-order valence-electron chi connectivity index (χ2n) is 4.65. The third-order valence-corrected chi connectivity index (χ3v) is 3.43. The van der Waals surface area contributed by atoms with E-state index in [2.05, 4.69) is 4.98 Å². The van der Waals surface area contributed by atoms with Crippen LogP contribution in [0.3, 0.4) is 0 Å². The van der Waals surface area contributed by atoms with E-state index in [1.165, 1.54) is 10.8 Å². The second-order valence-corrected chi connectivity index (χ2v) is 4.65. The third kappa shape index (κ3) is 3.26. The van der Waals surface area contributed by atoms with Crippen LogP contribution in [0.5, 0.6) is 0 Å². The highest BCUT2D eigenvalue weighted by Gasteiger charge is 2.28. The van der Waals surface area contributed by atoms with E-state index < -0.39 is 4.92 Å². The Labute approximate surface area is 122 Å². The molecule has 1 fully saturated rings. The number of carbonyl (C=O) groups excluding carboxylic acids is 1. The Bertz CT molecular complexity index is 504. The maximum absolute atomic E-state index is 12.2. The molecular formula is C11H18ClN5O3. The number of carbonyl (C=O) groups is 1. The summed E-state index contributed by atoms with van der Waals surface area (Å²) < 4.78 is 1.51. The first-order chi connectivity index (χ1) is 9.02. The molecule has 2 rings (SSSR count). The number of hydrogen-bond acceptors (Lipinski definition) is 5. The van der Waals surface area contributed by atoms with Crippen molar-refractivity contribution in [1.82, 2.24) is 14.5 Å². The summed E-state index contributed by atoms with van der Waals surface area (Å²) in [4.78, 5) is 27.8. The zero-order chi connectivity index (χ0) is 14.0. The van der Waals surface area contributed by atoms with Crippen molar-refractivity contribution in [2.24, 2.45) is 5.73 Å². The minimum absolute atomic E-state index is 0. The molecule has 1 aromatic heterocycles. The van der Waals surface area contributed by atoms with Crippen molar-refractivity contribution in [1.29, 1.82) is 0 Å². The van der Waals surface area contributed by atoms with Gasteiger partial charge in [-0.15, -0.1) is 12.4 Å². The molecule has 1 unspecified atom stereocenters. The first-order valence-electron chi connectivity index (χ1n) is 6.20. The Morgan fingerprint density at radius 2 is 2.35 bits per heavy atom. The van der Waals surface area contributed by atoms with Gasteiger partial charge in [0.1, 0.15) is 12.7 Å². The van der Waals surface area contributed by atoms with Gasteiger partial charge in [-0.1, -0.05) is 0 Å². The average molecular weight is 304 g/mol. The van der Waals surface area contributed by atoms with Gasteiger partial charge < -0.3 is 20.7 Å². The molecule has 112 valence electrons. The van der Waals surface area contributed by atoms with Crippen LogP contribution in [0.25, 0.3) is 0 Å². The lowest BCUT2D eigenvalue weighted by atomic mass is 10.2. The summed E-state index contributed by atoms with van der Waals surface area (Å²) in [6.07, 6.45) is 3.17. The Morgan fingerprint density at radius 3 is 2.90 bits per heavy atom. The summed E-state index contributed by atoms with van der Waals surface area (Å²) >= 11 is 0. The van der Waals surface area contributed by atoms with Crippen LogP contribution in [-0.4, -0.2) is 44.4 Å². The van der Waals surface area contributed by atoms with E-state index >= 15 is 0 Å². The number of nitro groups is 1. The number of amides is 1. The van der Waals surface area contributed by atoms with Crippen molar-refractivity contribution < 1.29 is 9.72 Å². The van der Waals surface area contributed by atoms with Crippen LogP contribution >= 0.6 is 12.4 Å². The Hall–Kier alpha value is -1.67. The zero-order valence-electron chi connectivity index (χ0n) is 11.2. The monoisotopic (exact) mass is 303 g/mol. The molecule has 2 heterocycles. The van der Waals surface area contributed by atoms with Crippen molar-refractivity contribution in [2.45, 2.75) is 32.4 Å². The predicted octanol–water partition coefficient (Wildman–Crippen LogP) is 0.471. The van der Waals surface area contributed by atoms with Crippen LogP contribution in [0.2, 0.25) is 0 Å². The Morgan fingerprint density at radius 1 is 1.65 bits per heavy atom. The molecule has 0 aliphatic carbocycles. The Kier molecular flexibility index (Phi) is 5.46. The lowest BCUT2D eigenvalue weighted by molar-refractivity contribution is -0.389. The highest BCUT2D eigenvalue weighted by atomic mass is 35.5. The van der Waals surface area contributed by atoms with Crippen molar-refractivity contribution in [2.75, 3.05) is 13.1 Å². The number of nitrogens with zero attached hydrogens (tertiary/aromatic N) is 4. The van der Waals surface area contributed by atoms with Gasteiger partial charge in [0.15, 0.2) is 0 Å². The molecule has 1 aromatic rings. The van der Waals surface area contributed by atoms with Gasteiger partial charge >= 0.3 is 5.82 Å². The van der Waals surface area contributed by atoms with Crippen molar-refractivity contribution in [3.8, 4) is 0 Å². The molecular weight excluding hydrogens is 286 g/mol. The number of hydrogen-bond donors (Lipinski definition) is 1. The Balaban J connectivity index is 0.00000200. The van der Waals surface area contributed by atoms with Gasteiger partial charge in [0, 0.05) is 26.1 Å². The van der Waals surface area contributed by atoms with Gasteiger partial charge in [0.05, 0.1) is 0 Å². The number of rotatable bonds is 4. The molecule has 9 heteroatoms. The molecule has 0 radical (unpaired) electrons. The van der Waals surface area contributed by atoms with E-state index in [9.17, 15) is 14.9 Å². The molecule has 1 aliphatic heterocycles. The molecule has 0 spiro atoms. The highest BCUT2D eigenvalue weighted by molar-refractivity contribution is 5.85. The summed E-state index contributed by atoms with van der Waals surface area (Å²) in [6.45, 7) is 2.87. The van der Waals surface area contributed by atoms with Crippen LogP contribution in [0.1, 0.15) is 18.7 Å². The van der Waals surface area contributed by atoms with E-state index in [-0.39, 0.29) is 36.7 Å². The van der Waals surface area contributed by atoms with Gasteiger partial charge in [0.25, 0.3) is 0 Å². The minimum Gasteiger partial charge on any atom is -0.358 e. The fourth-order valence-corrected chi connectivity index (χ4v) is 2.39. The van der Waals surface area contributed by atoms with Gasteiger partial charge in [-0.3, -0.25) is 9.36 Å². The number of aromatic nitrogens is 2. The van der Waals surface area contributed by atoms with Gasteiger partial charge in [0.2, 0.25) is 11.7 Å². The average Bonchev–Trinajstić information content (AvgIpc) is 2.96. The van der Waals surface area contributed by atoms with E-state index in [4.69, 9.17) is 5.73 Å². The number of halogens is 1. The number of imidazole rings is 1. The van der Waals surface area contributed by atoms with E-state index in [1.807, 2.05) is 0 Å². The maximum Gasteiger partial charge on any atom is 0.381 e. The van der Waals surface area contributed by atoms with E-state index in [0.717, 1.165) is 12.8 Å². The standard InChI is InChI=1S/C11H17N5O3.ClH/c1-8-13-10(16(18)19)6-14(8)7-11(17)15-4-2-3-9(15)5-12;/h6,9H,2-5,7,12H2,1H3;1H. The molecule has 8 nitrogen and oxygen atoms in total. The largest absolute Gasteiger partial charge is 0.381 e. The summed E-state index contributed by atoms with van der Waals surface area (Å²) in [5.74, 6) is 0.161. The van der Waals surface area contributed by atoms with Crippen molar-refractivity contribution in [3.63, 3.8) is 0 Å². The lowest BCUT2D eigenvalue weighted by Gasteiger charge is -2.23. The maximum atomic E-state index is 12.2. The smallest absolute Gasteiger partial charge is 0.358 e. The normalized spacial score (nSPS) is 17.9. The number of likely N-dealkylation sites (tertiary alicyclic amines) is 1. The summed E-state index contributed by atoms with van der Waals surface area (Å²) in [6, 6.07) is 0.0892. The molecule has 0 aromatic carbocycles. The fourth-order valence-electron chi connectivity index (χ4n) is 2.39. The molecule has 2 N–H and O–H groups in total. The molecule has 1 saturated heterocycles. The van der Waals surface area contributed by atoms with Gasteiger partial charge in [-0.2, -0.15) is 0 Å². The minimum atomic E-state index is -0.563. The molecule has 0 saturated carbocycles. The SMILES string of the molecule is Cc1nc([N+](=O)[O-])cn1CC(=O)N1CCCC1CN.Cl. The summed E-state index contributed by atoms with van der Waals surface area (Å²) in [7, 11) is 0. The van der Waals surface area contributed by atoms with Crippen molar-refractivity contribution in [3.05, 3.63) is 22.1 Å². The quantitative estimate of drug-likeness (QED) is 0.642. The zero-order valence-corrected chi connectivity index (χ0v) is 12.0. The molecule has 1 amide bonds. The summed E-state index contributed by atoms with van der Waals surface area (Å²) in [5.41, 5.74) is 5.63. The number of nitrogens with two attached hydrogens (primary N) is 1. The van der Waals surface area contributed by atoms with E-state index in [0.29, 0.717) is 18.9 Å². The van der Waals surface area contributed by atoms with Gasteiger partial charge in [-0.05, 0) is 22.7 Å². The van der Waals surface area contributed by atoms with E-state index in [1.54, 1.807) is 11.8 Å². The molecule has 1 aliphatic rings. The van der Waals surface area contributed by atoms with Crippen LogP contribution in [0, 0.1) is 17.0 Å². The van der Waals surface area contributed by atoms with Crippen LogP contribution in [0.4, 0.5) is 5.82 Å². The number of aryl methyl sites for hydroxylation is 1. The van der Waals surface area contributed by atoms with Crippen LogP contribution in [0.15, 0.2) is 6.20 Å². The van der Waals surface area contributed by atoms with Crippen molar-refractivity contribution >= 4 is 24.1 Å². The van der Waals surface area contributed by atoms with Gasteiger partial charge in [-0.25, -0.2) is 0 Å². The van der Waals surface area contributed by atoms with Crippen LogP contribution < -0.4 is 5.73 Å². The van der Waals surface area contributed by atoms with Crippen LogP contribution in [-0.2, 0) is 11.3 Å². The highest BCUT2D eigenvalue weighted by Crippen LogP contribution is 2.17. The summed E-state index contributed by atoms with van der Waals surface area (Å²) in [5, 5.41) is 10.6. The molecule has 20 heavy (non-hydrogen) atoms. The fraction of sp³-hybridized carbons (Fsp3) is 0.636. The second kappa shape index (κ2) is 6.67. The predicted molar refractivity (Wildman–Crippen MR) is 74.7 cm³/mol. The molecule has 1 atom stereocenters. The molecule has 0 bridgehead atoms. The topological polar surface area (TPSA) is 107 Å². The lowest BCUT2D eigenvalue weighted by Crippen LogP contribution is -2.41. The third-order valence-electron chi connectivity index (χ3n) is 3.43. The first-order valence-corrected chi connectivity index (χ1v) is 6.20.